The van der Waals surface area contributed by atoms with Gasteiger partial charge in [-0.15, -0.1) is 0 Å². The molecule has 1 N–H and O–H groups in total. The first-order valence-corrected chi connectivity index (χ1v) is 5.56. The minimum absolute atomic E-state index is 0.265. The second-order valence-electron chi connectivity index (χ2n) is 3.50. The molecule has 3 nitrogen and oxygen atoms in total. The number of hydrogen-bond acceptors (Lipinski definition) is 1. The third kappa shape index (κ3) is 1.88. The Hall–Kier alpha value is -1.55. The lowest BCUT2D eigenvalue weighted by atomic mass is 10.2. The maximum atomic E-state index is 11.0. The van der Waals surface area contributed by atoms with E-state index < -0.39 is 5.97 Å². The lowest BCUT2D eigenvalue weighted by Gasteiger charge is -2.10. The van der Waals surface area contributed by atoms with E-state index in [9.17, 15) is 4.79 Å². The number of aryl methyl sites for hydroxylation is 1. The summed E-state index contributed by atoms with van der Waals surface area (Å²) in [7, 11) is 0. The zero-order valence-electron chi connectivity index (χ0n) is 8.64. The fourth-order valence-electron chi connectivity index (χ4n) is 1.61. The summed E-state index contributed by atoms with van der Waals surface area (Å²) >= 11 is 3.38. The second kappa shape index (κ2) is 4.14. The van der Waals surface area contributed by atoms with Crippen molar-refractivity contribution < 1.29 is 9.90 Å². The molecule has 0 radical (unpaired) electrons. The highest BCUT2D eigenvalue weighted by molar-refractivity contribution is 9.10. The molecule has 16 heavy (non-hydrogen) atoms. The number of benzene rings is 1. The van der Waals surface area contributed by atoms with Crippen molar-refractivity contribution in [1.82, 2.24) is 4.57 Å². The van der Waals surface area contributed by atoms with E-state index in [2.05, 4.69) is 15.9 Å². The van der Waals surface area contributed by atoms with Crippen molar-refractivity contribution in [2.75, 3.05) is 0 Å². The minimum atomic E-state index is -0.927. The van der Waals surface area contributed by atoms with Gasteiger partial charge in [-0.05, 0) is 36.8 Å². The molecule has 0 fully saturated rings. The van der Waals surface area contributed by atoms with Gasteiger partial charge in [-0.25, -0.2) is 4.79 Å². The van der Waals surface area contributed by atoms with E-state index in [1.807, 2.05) is 25.1 Å². The molecule has 2 rings (SSSR count). The highest BCUT2D eigenvalue weighted by atomic mass is 79.9. The van der Waals surface area contributed by atoms with Crippen LogP contribution in [0.2, 0.25) is 0 Å². The Kier molecular flexibility index (Phi) is 2.83. The molecule has 0 saturated carbocycles. The number of halogens is 1. The lowest BCUT2D eigenvalue weighted by Crippen LogP contribution is -2.06. The summed E-state index contributed by atoms with van der Waals surface area (Å²) in [4.78, 5) is 11.0. The lowest BCUT2D eigenvalue weighted by molar-refractivity contribution is 0.0688. The Labute approximate surface area is 101 Å². The normalized spacial score (nSPS) is 10.4. The smallest absolute Gasteiger partial charge is 0.352 e. The fraction of sp³-hybridized carbons (Fsp3) is 0.0833. The quantitative estimate of drug-likeness (QED) is 0.917. The van der Waals surface area contributed by atoms with Gasteiger partial charge in [-0.1, -0.05) is 22.0 Å². The van der Waals surface area contributed by atoms with Gasteiger partial charge in [-0.2, -0.15) is 0 Å². The second-order valence-corrected chi connectivity index (χ2v) is 4.42. The Bertz CT molecular complexity index is 546. The summed E-state index contributed by atoms with van der Waals surface area (Å²) in [6.45, 7) is 1.95. The maximum absolute atomic E-state index is 11.0. The first-order chi connectivity index (χ1) is 7.59. The molecule has 0 spiro atoms. The molecule has 4 heteroatoms. The molecule has 82 valence electrons. The van der Waals surface area contributed by atoms with Crippen LogP contribution in [0.1, 0.15) is 16.1 Å². The third-order valence-electron chi connectivity index (χ3n) is 2.40. The van der Waals surface area contributed by atoms with E-state index in [0.717, 1.165) is 15.7 Å². The van der Waals surface area contributed by atoms with Crippen molar-refractivity contribution in [3.05, 3.63) is 52.3 Å². The van der Waals surface area contributed by atoms with Crippen LogP contribution in [0.5, 0.6) is 0 Å². The van der Waals surface area contributed by atoms with E-state index in [-0.39, 0.29) is 5.69 Å². The first-order valence-electron chi connectivity index (χ1n) is 4.77. The molecular formula is C12H10BrNO2. The first kappa shape index (κ1) is 11.0. The number of aromatic carboxylic acids is 1. The standard InChI is InChI=1S/C12H10BrNO2/c1-8-4-5-9(13)7-11(8)14-6-2-3-10(14)12(15)16/h2-7H,1H3,(H,15,16). The van der Waals surface area contributed by atoms with Gasteiger partial charge in [0.25, 0.3) is 0 Å². The van der Waals surface area contributed by atoms with Gasteiger partial charge < -0.3 is 9.67 Å². The largest absolute Gasteiger partial charge is 0.477 e. The van der Waals surface area contributed by atoms with Crippen LogP contribution in [0.15, 0.2) is 41.0 Å². The third-order valence-corrected chi connectivity index (χ3v) is 2.89. The van der Waals surface area contributed by atoms with E-state index in [0.29, 0.717) is 0 Å². The van der Waals surface area contributed by atoms with Crippen molar-refractivity contribution in [1.29, 1.82) is 0 Å². The van der Waals surface area contributed by atoms with Crippen molar-refractivity contribution in [3.63, 3.8) is 0 Å². The SMILES string of the molecule is Cc1ccc(Br)cc1-n1cccc1C(=O)O. The van der Waals surface area contributed by atoms with E-state index in [4.69, 9.17) is 5.11 Å². The van der Waals surface area contributed by atoms with Crippen molar-refractivity contribution in [3.8, 4) is 5.69 Å². The maximum Gasteiger partial charge on any atom is 0.352 e. The van der Waals surface area contributed by atoms with E-state index in [1.165, 1.54) is 0 Å². The van der Waals surface area contributed by atoms with Crippen molar-refractivity contribution in [2.45, 2.75) is 6.92 Å². The number of nitrogens with zero attached hydrogens (tertiary/aromatic N) is 1. The number of carbonyl (C=O) groups is 1. The molecule has 0 atom stereocenters. The molecule has 0 aliphatic heterocycles. The predicted octanol–water partition coefficient (Wildman–Crippen LogP) is 3.25. The number of hydrogen-bond donors (Lipinski definition) is 1. The molecule has 0 aliphatic carbocycles. The highest BCUT2D eigenvalue weighted by Crippen LogP contribution is 2.21. The summed E-state index contributed by atoms with van der Waals surface area (Å²) in [6, 6.07) is 9.10. The predicted molar refractivity (Wildman–Crippen MR) is 65.2 cm³/mol. The van der Waals surface area contributed by atoms with Crippen LogP contribution < -0.4 is 0 Å². The van der Waals surface area contributed by atoms with Crippen molar-refractivity contribution in [2.24, 2.45) is 0 Å². The molecule has 1 aromatic heterocycles. The van der Waals surface area contributed by atoms with Crippen LogP contribution in [0.3, 0.4) is 0 Å². The molecule has 0 aliphatic rings. The van der Waals surface area contributed by atoms with Crippen LogP contribution in [-0.2, 0) is 0 Å². The summed E-state index contributed by atoms with van der Waals surface area (Å²) in [5.41, 5.74) is 2.17. The Morgan fingerprint density at radius 2 is 2.12 bits per heavy atom. The number of rotatable bonds is 2. The Balaban J connectivity index is 2.62. The monoisotopic (exact) mass is 279 g/mol. The zero-order valence-corrected chi connectivity index (χ0v) is 10.2. The van der Waals surface area contributed by atoms with Crippen LogP contribution in [0.4, 0.5) is 0 Å². The van der Waals surface area contributed by atoms with Gasteiger partial charge in [0.1, 0.15) is 5.69 Å². The van der Waals surface area contributed by atoms with Gasteiger partial charge in [0.2, 0.25) is 0 Å². The number of aromatic nitrogens is 1. The molecule has 1 aromatic carbocycles. The molecule has 0 bridgehead atoms. The van der Waals surface area contributed by atoms with Gasteiger partial charge in [0, 0.05) is 16.4 Å². The summed E-state index contributed by atoms with van der Waals surface area (Å²) < 4.78 is 2.60. The molecule has 2 aromatic rings. The van der Waals surface area contributed by atoms with E-state index >= 15 is 0 Å². The topological polar surface area (TPSA) is 42.2 Å². The minimum Gasteiger partial charge on any atom is -0.477 e. The summed E-state index contributed by atoms with van der Waals surface area (Å²) in [5, 5.41) is 9.04. The van der Waals surface area contributed by atoms with Gasteiger partial charge in [-0.3, -0.25) is 0 Å². The van der Waals surface area contributed by atoms with Crippen LogP contribution >= 0.6 is 15.9 Å². The number of carboxylic acids is 1. The summed E-state index contributed by atoms with van der Waals surface area (Å²) in [6.07, 6.45) is 1.75. The summed E-state index contributed by atoms with van der Waals surface area (Å²) in [5.74, 6) is -0.927. The molecule has 0 saturated heterocycles. The number of carboxylic acid groups (broad SMARTS) is 1. The molecule has 0 unspecified atom stereocenters. The van der Waals surface area contributed by atoms with Crippen LogP contribution in [0, 0.1) is 6.92 Å². The Morgan fingerprint density at radius 3 is 2.81 bits per heavy atom. The molecule has 0 amide bonds. The molecular weight excluding hydrogens is 270 g/mol. The fourth-order valence-corrected chi connectivity index (χ4v) is 1.96. The van der Waals surface area contributed by atoms with Crippen molar-refractivity contribution >= 4 is 21.9 Å². The van der Waals surface area contributed by atoms with Gasteiger partial charge in [0.05, 0.1) is 0 Å². The highest BCUT2D eigenvalue weighted by Gasteiger charge is 2.11. The van der Waals surface area contributed by atoms with Crippen LogP contribution in [0.25, 0.3) is 5.69 Å². The Morgan fingerprint density at radius 1 is 1.38 bits per heavy atom. The van der Waals surface area contributed by atoms with E-state index in [1.54, 1.807) is 22.9 Å². The zero-order chi connectivity index (χ0) is 11.7. The van der Waals surface area contributed by atoms with Gasteiger partial charge >= 0.3 is 5.97 Å². The van der Waals surface area contributed by atoms with Gasteiger partial charge in [0.15, 0.2) is 0 Å². The van der Waals surface area contributed by atoms with Crippen LogP contribution in [-0.4, -0.2) is 15.6 Å². The average molecular weight is 280 g/mol. The molecule has 1 heterocycles. The average Bonchev–Trinajstić information content (AvgIpc) is 2.70.